The molecule has 0 aromatic rings. The molecule has 0 unspecified atom stereocenters. The van der Waals surface area contributed by atoms with Gasteiger partial charge in [0, 0.05) is 12.5 Å². The van der Waals surface area contributed by atoms with Crippen LogP contribution in [-0.2, 0) is 14.4 Å². The van der Waals surface area contributed by atoms with Crippen molar-refractivity contribution in [1.82, 2.24) is 10.2 Å². The van der Waals surface area contributed by atoms with E-state index in [0.29, 0.717) is 19.4 Å². The van der Waals surface area contributed by atoms with E-state index in [9.17, 15) is 19.5 Å². The lowest BCUT2D eigenvalue weighted by Gasteiger charge is -2.31. The van der Waals surface area contributed by atoms with Crippen LogP contribution < -0.4 is 5.32 Å². The Balaban J connectivity index is 2.03. The van der Waals surface area contributed by atoms with Gasteiger partial charge in [-0.2, -0.15) is 0 Å². The highest BCUT2D eigenvalue weighted by Crippen LogP contribution is 2.25. The molecule has 2 rings (SSSR count). The monoisotopic (exact) mass is 324 g/mol. The Bertz CT molecular complexity index is 458. The number of carboxylic acid groups (broad SMARTS) is 1. The number of rotatable bonds is 5. The van der Waals surface area contributed by atoms with Gasteiger partial charge in [-0.05, 0) is 31.6 Å². The van der Waals surface area contributed by atoms with E-state index in [2.05, 4.69) is 5.32 Å². The van der Waals surface area contributed by atoms with Gasteiger partial charge in [0.05, 0.1) is 0 Å². The Morgan fingerprint density at radius 1 is 1.04 bits per heavy atom. The summed E-state index contributed by atoms with van der Waals surface area (Å²) in [5.41, 5.74) is 0. The van der Waals surface area contributed by atoms with Crippen LogP contribution in [0.4, 0.5) is 0 Å². The molecule has 2 amide bonds. The zero-order chi connectivity index (χ0) is 17.0. The number of nitrogens with zero attached hydrogens (tertiary/aromatic N) is 1. The third-order valence-corrected chi connectivity index (χ3v) is 5.03. The van der Waals surface area contributed by atoms with Crippen LogP contribution in [0.1, 0.15) is 58.8 Å². The predicted octanol–water partition coefficient (Wildman–Crippen LogP) is 1.78. The molecule has 1 saturated heterocycles. The van der Waals surface area contributed by atoms with Gasteiger partial charge in [-0.15, -0.1) is 0 Å². The molecule has 1 aliphatic heterocycles. The summed E-state index contributed by atoms with van der Waals surface area (Å²) >= 11 is 0. The lowest BCUT2D eigenvalue weighted by molar-refractivity contribution is -0.150. The van der Waals surface area contributed by atoms with Crippen molar-refractivity contribution in [3.63, 3.8) is 0 Å². The van der Waals surface area contributed by atoms with Crippen LogP contribution >= 0.6 is 0 Å². The minimum atomic E-state index is -0.961. The molecular formula is C17H28N2O4. The summed E-state index contributed by atoms with van der Waals surface area (Å²) in [5.74, 6) is -1.34. The summed E-state index contributed by atoms with van der Waals surface area (Å²) < 4.78 is 0. The fourth-order valence-electron chi connectivity index (χ4n) is 3.62. The summed E-state index contributed by atoms with van der Waals surface area (Å²) in [5, 5.41) is 12.2. The highest BCUT2D eigenvalue weighted by atomic mass is 16.4. The molecule has 1 aliphatic carbocycles. The second-order valence-electron chi connectivity index (χ2n) is 7.09. The van der Waals surface area contributed by atoms with Crippen molar-refractivity contribution in [3.8, 4) is 0 Å². The lowest BCUT2D eigenvalue weighted by Crippen LogP contribution is -2.54. The molecule has 1 saturated carbocycles. The molecule has 23 heavy (non-hydrogen) atoms. The Morgan fingerprint density at radius 2 is 1.70 bits per heavy atom. The lowest BCUT2D eigenvalue weighted by atomic mass is 9.88. The van der Waals surface area contributed by atoms with Gasteiger partial charge in [0.2, 0.25) is 11.8 Å². The van der Waals surface area contributed by atoms with Gasteiger partial charge in [-0.25, -0.2) is 4.79 Å². The maximum atomic E-state index is 12.8. The average Bonchev–Trinajstić information content (AvgIpc) is 3.02. The molecule has 130 valence electrons. The Labute approximate surface area is 137 Å². The van der Waals surface area contributed by atoms with Gasteiger partial charge in [0.15, 0.2) is 0 Å². The van der Waals surface area contributed by atoms with Crippen molar-refractivity contribution in [2.75, 3.05) is 6.54 Å². The second kappa shape index (κ2) is 7.79. The summed E-state index contributed by atoms with van der Waals surface area (Å²) in [4.78, 5) is 37.9. The summed E-state index contributed by atoms with van der Waals surface area (Å²) in [6.07, 6.45) is 6.24. The van der Waals surface area contributed by atoms with Crippen LogP contribution in [-0.4, -0.2) is 46.4 Å². The molecule has 2 atom stereocenters. The third kappa shape index (κ3) is 4.24. The van der Waals surface area contributed by atoms with Gasteiger partial charge >= 0.3 is 5.97 Å². The van der Waals surface area contributed by atoms with Crippen molar-refractivity contribution in [1.29, 1.82) is 0 Å². The number of carbonyl (C=O) groups excluding carboxylic acids is 2. The van der Waals surface area contributed by atoms with E-state index in [1.807, 2.05) is 13.8 Å². The van der Waals surface area contributed by atoms with Crippen LogP contribution in [0.2, 0.25) is 0 Å². The van der Waals surface area contributed by atoms with E-state index in [0.717, 1.165) is 25.7 Å². The standard InChI is InChI=1S/C17H28N2O4/c1-11(2)14(18-15(20)12-7-4-3-5-8-12)16(21)19-10-6-9-13(19)17(22)23/h11-14H,3-10H2,1-2H3,(H,18,20)(H,22,23)/t13-,14-/m0/s1. The zero-order valence-corrected chi connectivity index (χ0v) is 14.1. The van der Waals surface area contributed by atoms with E-state index in [1.165, 1.54) is 11.3 Å². The Morgan fingerprint density at radius 3 is 2.26 bits per heavy atom. The fraction of sp³-hybridized carbons (Fsp3) is 0.824. The smallest absolute Gasteiger partial charge is 0.326 e. The van der Waals surface area contributed by atoms with Crippen molar-refractivity contribution >= 4 is 17.8 Å². The van der Waals surface area contributed by atoms with E-state index in [-0.39, 0.29) is 23.7 Å². The first-order chi connectivity index (χ1) is 10.9. The van der Waals surface area contributed by atoms with Gasteiger partial charge in [0.25, 0.3) is 0 Å². The molecule has 2 fully saturated rings. The molecule has 0 radical (unpaired) electrons. The van der Waals surface area contributed by atoms with Gasteiger partial charge in [0.1, 0.15) is 12.1 Å². The molecule has 6 nitrogen and oxygen atoms in total. The van der Waals surface area contributed by atoms with Crippen molar-refractivity contribution in [2.24, 2.45) is 11.8 Å². The average molecular weight is 324 g/mol. The Hall–Kier alpha value is -1.59. The number of carbonyl (C=O) groups is 3. The number of hydrogen-bond acceptors (Lipinski definition) is 3. The summed E-state index contributed by atoms with van der Waals surface area (Å²) in [7, 11) is 0. The molecule has 0 bridgehead atoms. The minimum Gasteiger partial charge on any atom is -0.480 e. The highest BCUT2D eigenvalue weighted by molar-refractivity contribution is 5.91. The van der Waals surface area contributed by atoms with Crippen molar-refractivity contribution in [3.05, 3.63) is 0 Å². The number of aliphatic carboxylic acids is 1. The molecule has 0 aromatic carbocycles. The van der Waals surface area contributed by atoms with Gasteiger partial charge in [-0.1, -0.05) is 33.1 Å². The summed E-state index contributed by atoms with van der Waals surface area (Å²) in [6.45, 7) is 4.23. The predicted molar refractivity (Wildman–Crippen MR) is 85.7 cm³/mol. The van der Waals surface area contributed by atoms with Gasteiger partial charge in [-0.3, -0.25) is 9.59 Å². The molecule has 1 heterocycles. The van der Waals surface area contributed by atoms with E-state index in [1.54, 1.807) is 0 Å². The van der Waals surface area contributed by atoms with Crippen LogP contribution in [0.5, 0.6) is 0 Å². The van der Waals surface area contributed by atoms with E-state index < -0.39 is 18.1 Å². The highest BCUT2D eigenvalue weighted by Gasteiger charge is 2.39. The van der Waals surface area contributed by atoms with Crippen LogP contribution in [0.15, 0.2) is 0 Å². The van der Waals surface area contributed by atoms with Crippen molar-refractivity contribution < 1.29 is 19.5 Å². The topological polar surface area (TPSA) is 86.7 Å². The molecule has 6 heteroatoms. The molecule has 2 aliphatic rings. The Kier molecular flexibility index (Phi) is 6.02. The first-order valence-corrected chi connectivity index (χ1v) is 8.75. The van der Waals surface area contributed by atoms with E-state index in [4.69, 9.17) is 0 Å². The zero-order valence-electron chi connectivity index (χ0n) is 14.1. The maximum Gasteiger partial charge on any atom is 0.326 e. The number of hydrogen-bond donors (Lipinski definition) is 2. The van der Waals surface area contributed by atoms with Crippen molar-refractivity contribution in [2.45, 2.75) is 70.9 Å². The molecule has 0 spiro atoms. The van der Waals surface area contributed by atoms with Crippen LogP contribution in [0, 0.1) is 11.8 Å². The molecule has 2 N–H and O–H groups in total. The van der Waals surface area contributed by atoms with E-state index >= 15 is 0 Å². The fourth-order valence-corrected chi connectivity index (χ4v) is 3.62. The maximum absolute atomic E-state index is 12.8. The third-order valence-electron chi connectivity index (χ3n) is 5.03. The minimum absolute atomic E-state index is 0.00773. The number of carboxylic acids is 1. The number of nitrogens with one attached hydrogen (secondary N) is 1. The van der Waals surface area contributed by atoms with Crippen LogP contribution in [0.3, 0.4) is 0 Å². The normalized spacial score (nSPS) is 23.8. The first kappa shape index (κ1) is 17.8. The molecular weight excluding hydrogens is 296 g/mol. The number of likely N-dealkylation sites (tertiary alicyclic amines) is 1. The largest absolute Gasteiger partial charge is 0.480 e. The summed E-state index contributed by atoms with van der Waals surface area (Å²) in [6, 6.07) is -1.39. The first-order valence-electron chi connectivity index (χ1n) is 8.75. The quantitative estimate of drug-likeness (QED) is 0.807. The molecule has 0 aromatic heterocycles. The second-order valence-corrected chi connectivity index (χ2v) is 7.09. The number of amides is 2. The van der Waals surface area contributed by atoms with Gasteiger partial charge < -0.3 is 15.3 Å². The van der Waals surface area contributed by atoms with Crippen LogP contribution in [0.25, 0.3) is 0 Å². The SMILES string of the molecule is CC(C)[C@H](NC(=O)C1CCCCC1)C(=O)N1CCC[C@H]1C(=O)O.